The zero-order valence-corrected chi connectivity index (χ0v) is 24.1. The topological polar surface area (TPSA) is 9.86 Å². The summed E-state index contributed by atoms with van der Waals surface area (Å²) in [5, 5.41) is 8.68. The highest BCUT2D eigenvalue weighted by molar-refractivity contribution is 7.06. The number of para-hydroxylation sites is 4. The van der Waals surface area contributed by atoms with Crippen molar-refractivity contribution >= 4 is 62.1 Å². The van der Waals surface area contributed by atoms with Crippen molar-refractivity contribution in [1.29, 1.82) is 0 Å². The molecule has 1 aliphatic heterocycles. The quantitative estimate of drug-likeness (QED) is 0.194. The molecule has 3 heterocycles. The van der Waals surface area contributed by atoms with E-state index in [0.717, 1.165) is 0 Å². The van der Waals surface area contributed by atoms with Gasteiger partial charge in [0, 0.05) is 32.9 Å². The first-order chi connectivity index (χ1) is 20.1. The summed E-state index contributed by atoms with van der Waals surface area (Å²) >= 11 is 0. The molecule has 0 radical (unpaired) electrons. The van der Waals surface area contributed by atoms with Crippen LogP contribution < -0.4 is 10.4 Å². The lowest BCUT2D eigenvalue weighted by Crippen LogP contribution is -2.49. The molecule has 0 saturated heterocycles. The minimum Gasteiger partial charge on any atom is -0.309 e. The van der Waals surface area contributed by atoms with Crippen LogP contribution in [0.25, 0.3) is 66.1 Å². The van der Waals surface area contributed by atoms with Gasteiger partial charge in [0.25, 0.3) is 0 Å². The third kappa shape index (κ3) is 2.91. The van der Waals surface area contributed by atoms with Crippen LogP contribution in [0.1, 0.15) is 0 Å². The van der Waals surface area contributed by atoms with Gasteiger partial charge in [-0.05, 0) is 70.0 Å². The summed E-state index contributed by atoms with van der Waals surface area (Å²) in [7, 11) is -2.15. The van der Waals surface area contributed by atoms with Crippen molar-refractivity contribution in [3.8, 4) is 22.5 Å². The molecule has 0 N–H and O–H groups in total. The Bertz CT molecular complexity index is 2160. The van der Waals surface area contributed by atoms with Crippen LogP contribution in [0.2, 0.25) is 13.1 Å². The van der Waals surface area contributed by atoms with Crippen molar-refractivity contribution < 1.29 is 0 Å². The molecule has 3 heteroatoms. The maximum atomic E-state index is 2.57. The molecule has 0 spiro atoms. The summed E-state index contributed by atoms with van der Waals surface area (Å²) in [6.45, 7) is 5.14. The molecule has 0 atom stereocenters. The highest BCUT2D eigenvalue weighted by Gasteiger charge is 2.42. The van der Waals surface area contributed by atoms with E-state index < -0.39 is 8.07 Å². The van der Waals surface area contributed by atoms with Crippen molar-refractivity contribution in [2.75, 3.05) is 0 Å². The van der Waals surface area contributed by atoms with Gasteiger partial charge in [0.05, 0.1) is 22.1 Å². The summed E-state index contributed by atoms with van der Waals surface area (Å²) < 4.78 is 4.91. The molecule has 194 valence electrons. The Labute approximate surface area is 239 Å². The Morgan fingerprint density at radius 1 is 0.390 bits per heavy atom. The van der Waals surface area contributed by atoms with Crippen LogP contribution in [-0.2, 0) is 0 Å². The maximum Gasteiger partial charge on any atom is 0.115 e. The standard InChI is InChI=1S/C38H28N2Si/c1-41(2)37-27(21-23-33-35(37)29-17-9-11-19-31(29)39(33)25-13-5-3-6-14-25)28-22-24-34-36(38(28)41)30-18-10-12-20-32(30)40(34)26-15-7-4-8-16-26/h3-24H,1-2H3. The second-order valence-corrected chi connectivity index (χ2v) is 16.0. The van der Waals surface area contributed by atoms with Gasteiger partial charge >= 0.3 is 0 Å². The number of nitrogens with zero attached hydrogens (tertiary/aromatic N) is 2. The van der Waals surface area contributed by atoms with Crippen molar-refractivity contribution in [2.45, 2.75) is 13.1 Å². The Balaban J connectivity index is 1.42. The van der Waals surface area contributed by atoms with Crippen molar-refractivity contribution in [3.05, 3.63) is 133 Å². The minimum absolute atomic E-state index is 1.21. The lowest BCUT2D eigenvalue weighted by atomic mass is 10.0. The SMILES string of the molecule is C[Si]1(C)c2c(ccc3c2c2ccccc2n3-c2ccccc2)-c2ccc3c(c21)c1ccccc1n3-c1ccccc1. The molecule has 41 heavy (non-hydrogen) atoms. The lowest BCUT2D eigenvalue weighted by Gasteiger charge is -2.21. The zero-order valence-electron chi connectivity index (χ0n) is 23.1. The second-order valence-electron chi connectivity index (χ2n) is 11.8. The van der Waals surface area contributed by atoms with Crippen LogP contribution in [0, 0.1) is 0 Å². The first-order valence-corrected chi connectivity index (χ1v) is 17.4. The van der Waals surface area contributed by atoms with Gasteiger partial charge in [-0.3, -0.25) is 0 Å². The van der Waals surface area contributed by atoms with Gasteiger partial charge in [0.1, 0.15) is 8.07 Å². The number of aromatic nitrogens is 2. The number of hydrogen-bond donors (Lipinski definition) is 0. The van der Waals surface area contributed by atoms with Gasteiger partial charge in [0.2, 0.25) is 0 Å². The predicted octanol–water partition coefficient (Wildman–Crippen LogP) is 8.68. The van der Waals surface area contributed by atoms with E-state index >= 15 is 0 Å². The zero-order chi connectivity index (χ0) is 27.3. The highest BCUT2D eigenvalue weighted by Crippen LogP contribution is 2.42. The number of fused-ring (bicyclic) bond motifs is 11. The van der Waals surface area contributed by atoms with Gasteiger partial charge in [-0.2, -0.15) is 0 Å². The van der Waals surface area contributed by atoms with E-state index in [1.165, 1.54) is 66.1 Å². The van der Waals surface area contributed by atoms with Crippen LogP contribution in [0.3, 0.4) is 0 Å². The monoisotopic (exact) mass is 540 g/mol. The van der Waals surface area contributed by atoms with Crippen LogP contribution in [0.15, 0.2) is 133 Å². The van der Waals surface area contributed by atoms with Gasteiger partial charge < -0.3 is 9.13 Å². The molecule has 0 aliphatic carbocycles. The normalized spacial score (nSPS) is 13.8. The predicted molar refractivity (Wildman–Crippen MR) is 177 cm³/mol. The number of hydrogen-bond acceptors (Lipinski definition) is 0. The molecule has 0 bridgehead atoms. The van der Waals surface area contributed by atoms with E-state index in [0.29, 0.717) is 0 Å². The molecule has 0 unspecified atom stereocenters. The lowest BCUT2D eigenvalue weighted by molar-refractivity contribution is 1.18. The molecule has 6 aromatic carbocycles. The van der Waals surface area contributed by atoms with Crippen LogP contribution in [-0.4, -0.2) is 17.2 Å². The first-order valence-electron chi connectivity index (χ1n) is 14.4. The largest absolute Gasteiger partial charge is 0.309 e. The molecule has 9 rings (SSSR count). The molecular weight excluding hydrogens is 513 g/mol. The Kier molecular flexibility index (Phi) is 4.52. The van der Waals surface area contributed by atoms with Crippen molar-refractivity contribution in [1.82, 2.24) is 9.13 Å². The van der Waals surface area contributed by atoms with E-state index in [1.54, 1.807) is 10.4 Å². The molecule has 1 aliphatic rings. The highest BCUT2D eigenvalue weighted by atomic mass is 28.3. The fraction of sp³-hybridized carbons (Fsp3) is 0.0526. The average Bonchev–Trinajstić information content (AvgIpc) is 3.61. The fourth-order valence-electron chi connectivity index (χ4n) is 7.70. The molecule has 0 amide bonds. The van der Waals surface area contributed by atoms with E-state index in [4.69, 9.17) is 0 Å². The molecular formula is C38H28N2Si. The molecule has 8 aromatic rings. The summed E-state index contributed by atoms with van der Waals surface area (Å²) in [5.41, 5.74) is 10.4. The summed E-state index contributed by atoms with van der Waals surface area (Å²) in [4.78, 5) is 0. The summed E-state index contributed by atoms with van der Waals surface area (Å²) in [5.74, 6) is 0. The molecule has 2 nitrogen and oxygen atoms in total. The van der Waals surface area contributed by atoms with Crippen LogP contribution >= 0.6 is 0 Å². The maximum absolute atomic E-state index is 2.57. The van der Waals surface area contributed by atoms with E-state index in [-0.39, 0.29) is 0 Å². The second kappa shape index (κ2) is 8.09. The third-order valence-electron chi connectivity index (χ3n) is 9.25. The Morgan fingerprint density at radius 2 is 0.780 bits per heavy atom. The van der Waals surface area contributed by atoms with Crippen LogP contribution in [0.5, 0.6) is 0 Å². The Hall–Kier alpha value is -4.86. The fourth-order valence-corrected chi connectivity index (χ4v) is 11.5. The van der Waals surface area contributed by atoms with Gasteiger partial charge in [-0.25, -0.2) is 0 Å². The van der Waals surface area contributed by atoms with Crippen molar-refractivity contribution in [2.24, 2.45) is 0 Å². The van der Waals surface area contributed by atoms with Gasteiger partial charge in [-0.15, -0.1) is 0 Å². The Morgan fingerprint density at radius 3 is 1.22 bits per heavy atom. The van der Waals surface area contributed by atoms with E-state index in [1.807, 2.05) is 0 Å². The van der Waals surface area contributed by atoms with Crippen molar-refractivity contribution in [3.63, 3.8) is 0 Å². The minimum atomic E-state index is -2.15. The molecule has 0 fully saturated rings. The van der Waals surface area contributed by atoms with Gasteiger partial charge in [-0.1, -0.05) is 98.0 Å². The van der Waals surface area contributed by atoms with E-state index in [9.17, 15) is 0 Å². The average molecular weight is 541 g/mol. The third-order valence-corrected chi connectivity index (χ3v) is 12.8. The van der Waals surface area contributed by atoms with E-state index in [2.05, 4.69) is 156 Å². The van der Waals surface area contributed by atoms with Gasteiger partial charge in [0.15, 0.2) is 0 Å². The smallest absolute Gasteiger partial charge is 0.115 e. The van der Waals surface area contributed by atoms with Crippen LogP contribution in [0.4, 0.5) is 0 Å². The molecule has 0 saturated carbocycles. The summed E-state index contributed by atoms with van der Waals surface area (Å²) in [6.07, 6.45) is 0. The number of benzene rings is 6. The number of rotatable bonds is 2. The molecule has 2 aromatic heterocycles. The summed E-state index contributed by atoms with van der Waals surface area (Å²) in [6, 6.07) is 49.1. The first kappa shape index (κ1) is 22.9.